The minimum absolute atomic E-state index is 0.126. The molecule has 0 amide bonds. The Morgan fingerprint density at radius 3 is 2.45 bits per heavy atom. The standard InChI is InChI=1S/C26H30N4O/c27-26-22(19-9-11-25(31)29-15-19)14-20(16-30-26)18-8-10-21(17-5-2-1-3-6-17)23(13-18)24-7-4-12-28-24/h8-11,13-17,24,28H,1-7,12H2,(H2,27,30)(H,29,31)/t24-/m0/s1. The number of H-pyrrole nitrogens is 1. The van der Waals surface area contributed by atoms with Gasteiger partial charge in [0.05, 0.1) is 0 Å². The van der Waals surface area contributed by atoms with Crippen molar-refractivity contribution in [3.63, 3.8) is 0 Å². The molecule has 1 aromatic carbocycles. The molecule has 5 nitrogen and oxygen atoms in total. The summed E-state index contributed by atoms with van der Waals surface area (Å²) in [7, 11) is 0. The summed E-state index contributed by atoms with van der Waals surface area (Å²) in [4.78, 5) is 18.6. The van der Waals surface area contributed by atoms with Crippen molar-refractivity contribution in [1.82, 2.24) is 15.3 Å². The number of aromatic amines is 1. The molecule has 1 saturated carbocycles. The van der Waals surface area contributed by atoms with E-state index in [1.54, 1.807) is 12.3 Å². The van der Waals surface area contributed by atoms with Gasteiger partial charge in [0.1, 0.15) is 5.82 Å². The number of pyridine rings is 2. The van der Waals surface area contributed by atoms with Crippen LogP contribution in [0.25, 0.3) is 22.3 Å². The molecule has 1 aliphatic carbocycles. The maximum absolute atomic E-state index is 11.4. The second kappa shape index (κ2) is 8.67. The minimum Gasteiger partial charge on any atom is -0.383 e. The lowest BCUT2D eigenvalue weighted by molar-refractivity contribution is 0.438. The SMILES string of the molecule is Nc1ncc(-c2ccc(C3CCCCC3)c([C@@H]3CCCN3)c2)cc1-c1ccc(=O)[nH]c1. The largest absolute Gasteiger partial charge is 0.383 e. The molecule has 3 heterocycles. The van der Waals surface area contributed by atoms with E-state index in [1.807, 2.05) is 6.20 Å². The van der Waals surface area contributed by atoms with Crippen LogP contribution < -0.4 is 16.6 Å². The smallest absolute Gasteiger partial charge is 0.247 e. The Bertz CT molecular complexity index is 1100. The van der Waals surface area contributed by atoms with Crippen LogP contribution in [0.2, 0.25) is 0 Å². The Kier molecular flexibility index (Phi) is 5.60. The number of nitrogens with one attached hydrogen (secondary N) is 2. The summed E-state index contributed by atoms with van der Waals surface area (Å²) in [6.07, 6.45) is 12.6. The van der Waals surface area contributed by atoms with Gasteiger partial charge in [-0.25, -0.2) is 4.98 Å². The first-order valence-electron chi connectivity index (χ1n) is 11.5. The van der Waals surface area contributed by atoms with Crippen LogP contribution in [0.1, 0.15) is 68.0 Å². The highest BCUT2D eigenvalue weighted by Gasteiger charge is 2.25. The second-order valence-corrected chi connectivity index (χ2v) is 8.93. The predicted molar refractivity (Wildman–Crippen MR) is 126 cm³/mol. The summed E-state index contributed by atoms with van der Waals surface area (Å²) < 4.78 is 0. The molecule has 0 spiro atoms. The van der Waals surface area contributed by atoms with Crippen molar-refractivity contribution >= 4 is 5.82 Å². The molecule has 31 heavy (non-hydrogen) atoms. The number of rotatable bonds is 4. The molecule has 2 fully saturated rings. The topological polar surface area (TPSA) is 83.8 Å². The first kappa shape index (κ1) is 20.0. The summed E-state index contributed by atoms with van der Waals surface area (Å²) in [6, 6.07) is 12.8. The van der Waals surface area contributed by atoms with Gasteiger partial charge in [0.2, 0.25) is 5.56 Å². The van der Waals surface area contributed by atoms with Gasteiger partial charge in [-0.3, -0.25) is 4.79 Å². The average molecular weight is 415 g/mol. The zero-order chi connectivity index (χ0) is 21.2. The van der Waals surface area contributed by atoms with Crippen molar-refractivity contribution in [3.05, 3.63) is 70.3 Å². The molecule has 0 unspecified atom stereocenters. The van der Waals surface area contributed by atoms with Crippen molar-refractivity contribution in [2.24, 2.45) is 0 Å². The molecule has 1 aliphatic heterocycles. The molecule has 5 heteroatoms. The quantitative estimate of drug-likeness (QED) is 0.551. The fraction of sp³-hybridized carbons (Fsp3) is 0.385. The van der Waals surface area contributed by atoms with Crippen LogP contribution in [0, 0.1) is 0 Å². The number of aromatic nitrogens is 2. The van der Waals surface area contributed by atoms with Crippen LogP contribution in [-0.2, 0) is 0 Å². The van der Waals surface area contributed by atoms with E-state index in [4.69, 9.17) is 5.73 Å². The summed E-state index contributed by atoms with van der Waals surface area (Å²) in [6.45, 7) is 1.10. The van der Waals surface area contributed by atoms with Crippen LogP contribution in [0.5, 0.6) is 0 Å². The van der Waals surface area contributed by atoms with Crippen molar-refractivity contribution < 1.29 is 0 Å². The van der Waals surface area contributed by atoms with Gasteiger partial charge in [-0.05, 0) is 73.0 Å². The van der Waals surface area contributed by atoms with Crippen LogP contribution >= 0.6 is 0 Å². The molecule has 4 N–H and O–H groups in total. The van der Waals surface area contributed by atoms with Gasteiger partial charge in [0.15, 0.2) is 0 Å². The first-order chi connectivity index (χ1) is 15.2. The number of hydrogen-bond donors (Lipinski definition) is 3. The monoisotopic (exact) mass is 414 g/mol. The first-order valence-corrected chi connectivity index (χ1v) is 11.5. The molecule has 0 radical (unpaired) electrons. The maximum atomic E-state index is 11.4. The molecule has 5 rings (SSSR count). The van der Waals surface area contributed by atoms with Crippen molar-refractivity contribution in [3.8, 4) is 22.3 Å². The Morgan fingerprint density at radius 1 is 0.871 bits per heavy atom. The maximum Gasteiger partial charge on any atom is 0.247 e. The lowest BCUT2D eigenvalue weighted by Gasteiger charge is -2.27. The van der Waals surface area contributed by atoms with Crippen molar-refractivity contribution in [2.75, 3.05) is 12.3 Å². The lowest BCUT2D eigenvalue weighted by atomic mass is 9.79. The van der Waals surface area contributed by atoms with E-state index in [9.17, 15) is 4.79 Å². The fourth-order valence-corrected chi connectivity index (χ4v) is 5.23. The zero-order valence-corrected chi connectivity index (χ0v) is 17.9. The molecule has 1 atom stereocenters. The zero-order valence-electron chi connectivity index (χ0n) is 17.9. The molecule has 2 aliphatic rings. The van der Waals surface area contributed by atoms with E-state index in [0.717, 1.165) is 23.2 Å². The van der Waals surface area contributed by atoms with Gasteiger partial charge in [-0.1, -0.05) is 31.4 Å². The van der Waals surface area contributed by atoms with E-state index in [0.29, 0.717) is 17.8 Å². The summed E-state index contributed by atoms with van der Waals surface area (Å²) in [5.41, 5.74) is 13.0. The predicted octanol–water partition coefficient (Wildman–Crippen LogP) is 5.16. The molecule has 2 aromatic heterocycles. The summed E-state index contributed by atoms with van der Waals surface area (Å²) in [5.74, 6) is 1.15. The van der Waals surface area contributed by atoms with Crippen LogP contribution in [0.4, 0.5) is 5.82 Å². The third-order valence-electron chi connectivity index (χ3n) is 6.91. The Labute approximate surface area is 183 Å². The minimum atomic E-state index is -0.126. The molecular weight excluding hydrogens is 384 g/mol. The molecular formula is C26H30N4O. The van der Waals surface area contributed by atoms with E-state index < -0.39 is 0 Å². The molecule has 0 bridgehead atoms. The molecule has 1 saturated heterocycles. The van der Waals surface area contributed by atoms with Crippen LogP contribution in [0.15, 0.2) is 53.6 Å². The summed E-state index contributed by atoms with van der Waals surface area (Å²) >= 11 is 0. The third kappa shape index (κ3) is 4.15. The normalized spacial score (nSPS) is 19.5. The van der Waals surface area contributed by atoms with Crippen molar-refractivity contribution in [1.29, 1.82) is 0 Å². The Balaban J connectivity index is 1.55. The van der Waals surface area contributed by atoms with Gasteiger partial charge >= 0.3 is 0 Å². The molecule has 3 aromatic rings. The molecule has 160 valence electrons. The van der Waals surface area contributed by atoms with E-state index in [2.05, 4.69) is 39.6 Å². The number of benzene rings is 1. The fourth-order valence-electron chi connectivity index (χ4n) is 5.23. The van der Waals surface area contributed by atoms with E-state index in [1.165, 1.54) is 67.7 Å². The van der Waals surface area contributed by atoms with E-state index >= 15 is 0 Å². The summed E-state index contributed by atoms with van der Waals surface area (Å²) in [5, 5.41) is 3.71. The highest BCUT2D eigenvalue weighted by atomic mass is 16.1. The van der Waals surface area contributed by atoms with Crippen molar-refractivity contribution in [2.45, 2.75) is 56.9 Å². The highest BCUT2D eigenvalue weighted by Crippen LogP contribution is 2.40. The van der Waals surface area contributed by atoms with Crippen LogP contribution in [-0.4, -0.2) is 16.5 Å². The van der Waals surface area contributed by atoms with Gasteiger partial charge < -0.3 is 16.0 Å². The second-order valence-electron chi connectivity index (χ2n) is 8.93. The Hall–Kier alpha value is -2.92. The number of anilines is 1. The van der Waals surface area contributed by atoms with Gasteiger partial charge in [0.25, 0.3) is 0 Å². The number of nitrogens with two attached hydrogens (primary N) is 1. The van der Waals surface area contributed by atoms with Gasteiger partial charge in [-0.2, -0.15) is 0 Å². The lowest BCUT2D eigenvalue weighted by Crippen LogP contribution is -2.17. The van der Waals surface area contributed by atoms with Gasteiger partial charge in [-0.15, -0.1) is 0 Å². The van der Waals surface area contributed by atoms with Gasteiger partial charge in [0, 0.05) is 41.2 Å². The number of nitrogen functional groups attached to an aromatic ring is 1. The number of hydrogen-bond acceptors (Lipinski definition) is 4. The highest BCUT2D eigenvalue weighted by molar-refractivity contribution is 5.79. The third-order valence-corrected chi connectivity index (χ3v) is 6.91. The number of nitrogens with zero attached hydrogens (tertiary/aromatic N) is 1. The Morgan fingerprint density at radius 2 is 1.71 bits per heavy atom. The average Bonchev–Trinajstić information content (AvgIpc) is 3.35. The van der Waals surface area contributed by atoms with E-state index in [-0.39, 0.29) is 5.56 Å². The van der Waals surface area contributed by atoms with Crippen LogP contribution in [0.3, 0.4) is 0 Å².